The number of hydrogen-bond donors (Lipinski definition) is 3. The molecular weight excluding hydrogens is 273 g/mol. The van der Waals surface area contributed by atoms with E-state index in [1.165, 1.54) is 6.07 Å². The standard InChI is InChI=1S/C14H18FN5O/c1-3-4-16-13-11(7-10(15)8-19-13)14(21)20-9(2)12-17-5-6-18-12/h5-9H,3-4H2,1-2H3,(H,16,19)(H,17,18)(H,20,21). The van der Waals surface area contributed by atoms with Crippen molar-refractivity contribution in [3.8, 4) is 0 Å². The van der Waals surface area contributed by atoms with Gasteiger partial charge in [-0.25, -0.2) is 14.4 Å². The van der Waals surface area contributed by atoms with E-state index in [1.807, 2.05) is 6.92 Å². The summed E-state index contributed by atoms with van der Waals surface area (Å²) in [5.74, 6) is 0.0653. The maximum absolute atomic E-state index is 13.4. The average molecular weight is 291 g/mol. The number of H-pyrrole nitrogens is 1. The third-order valence-electron chi connectivity index (χ3n) is 2.92. The van der Waals surface area contributed by atoms with Crippen molar-refractivity contribution >= 4 is 11.7 Å². The lowest BCUT2D eigenvalue weighted by Crippen LogP contribution is -2.28. The summed E-state index contributed by atoms with van der Waals surface area (Å²) < 4.78 is 13.4. The molecule has 0 aromatic carbocycles. The molecule has 112 valence electrons. The fraction of sp³-hybridized carbons (Fsp3) is 0.357. The van der Waals surface area contributed by atoms with Gasteiger partial charge in [-0.2, -0.15) is 0 Å². The van der Waals surface area contributed by atoms with Gasteiger partial charge in [0, 0.05) is 18.9 Å². The second kappa shape index (κ2) is 6.83. The van der Waals surface area contributed by atoms with E-state index in [-0.39, 0.29) is 11.6 Å². The fourth-order valence-corrected chi connectivity index (χ4v) is 1.85. The SMILES string of the molecule is CCCNc1ncc(F)cc1C(=O)NC(C)c1ncc[nH]1. The topological polar surface area (TPSA) is 82.7 Å². The van der Waals surface area contributed by atoms with E-state index >= 15 is 0 Å². The number of hydrogen-bond acceptors (Lipinski definition) is 4. The first kappa shape index (κ1) is 15.0. The van der Waals surface area contributed by atoms with E-state index < -0.39 is 11.7 Å². The molecule has 2 aromatic heterocycles. The number of nitrogens with zero attached hydrogens (tertiary/aromatic N) is 2. The highest BCUT2D eigenvalue weighted by atomic mass is 19.1. The quantitative estimate of drug-likeness (QED) is 0.762. The van der Waals surface area contributed by atoms with Crippen molar-refractivity contribution in [2.45, 2.75) is 26.3 Å². The molecule has 2 rings (SSSR count). The summed E-state index contributed by atoms with van der Waals surface area (Å²) in [5, 5.41) is 5.78. The van der Waals surface area contributed by atoms with Crippen molar-refractivity contribution in [3.05, 3.63) is 41.9 Å². The van der Waals surface area contributed by atoms with Gasteiger partial charge in [-0.15, -0.1) is 0 Å². The van der Waals surface area contributed by atoms with Crippen LogP contribution in [0.2, 0.25) is 0 Å². The molecule has 1 atom stereocenters. The number of carbonyl (C=O) groups is 1. The molecule has 0 saturated heterocycles. The molecule has 3 N–H and O–H groups in total. The minimum Gasteiger partial charge on any atom is -0.369 e. The summed E-state index contributed by atoms with van der Waals surface area (Å²) in [4.78, 5) is 23.2. The second-order valence-corrected chi connectivity index (χ2v) is 4.65. The zero-order valence-corrected chi connectivity index (χ0v) is 12.0. The van der Waals surface area contributed by atoms with Crippen LogP contribution in [0.15, 0.2) is 24.7 Å². The van der Waals surface area contributed by atoms with E-state index in [2.05, 4.69) is 25.6 Å². The number of carbonyl (C=O) groups excluding carboxylic acids is 1. The Morgan fingerprint density at radius 3 is 2.95 bits per heavy atom. The minimum absolute atomic E-state index is 0.182. The van der Waals surface area contributed by atoms with E-state index in [4.69, 9.17) is 0 Å². The molecule has 0 spiro atoms. The molecule has 2 heterocycles. The van der Waals surface area contributed by atoms with Crippen LogP contribution in [-0.2, 0) is 0 Å². The Morgan fingerprint density at radius 1 is 1.48 bits per heavy atom. The number of imidazole rings is 1. The number of rotatable bonds is 6. The van der Waals surface area contributed by atoms with Crippen LogP contribution < -0.4 is 10.6 Å². The molecule has 0 bridgehead atoms. The second-order valence-electron chi connectivity index (χ2n) is 4.65. The molecule has 0 aliphatic rings. The largest absolute Gasteiger partial charge is 0.369 e. The van der Waals surface area contributed by atoms with E-state index in [0.29, 0.717) is 18.2 Å². The molecule has 0 saturated carbocycles. The van der Waals surface area contributed by atoms with Gasteiger partial charge in [0.2, 0.25) is 0 Å². The number of amides is 1. The van der Waals surface area contributed by atoms with Gasteiger partial charge < -0.3 is 15.6 Å². The Hall–Kier alpha value is -2.44. The Balaban J connectivity index is 2.15. The van der Waals surface area contributed by atoms with Gasteiger partial charge in [0.15, 0.2) is 0 Å². The molecule has 0 fully saturated rings. The van der Waals surface area contributed by atoms with Gasteiger partial charge in [-0.1, -0.05) is 6.92 Å². The monoisotopic (exact) mass is 291 g/mol. The van der Waals surface area contributed by atoms with Crippen molar-refractivity contribution in [2.24, 2.45) is 0 Å². The van der Waals surface area contributed by atoms with Gasteiger partial charge >= 0.3 is 0 Å². The molecule has 21 heavy (non-hydrogen) atoms. The Morgan fingerprint density at radius 2 is 2.29 bits per heavy atom. The minimum atomic E-state index is -0.548. The van der Waals surface area contributed by atoms with Gasteiger partial charge in [-0.05, 0) is 19.4 Å². The average Bonchev–Trinajstić information content (AvgIpc) is 3.00. The maximum atomic E-state index is 13.4. The van der Waals surface area contributed by atoms with Crippen LogP contribution in [0.25, 0.3) is 0 Å². The summed E-state index contributed by atoms with van der Waals surface area (Å²) in [5.41, 5.74) is 0.182. The third-order valence-corrected chi connectivity index (χ3v) is 2.92. The Labute approximate surface area is 122 Å². The van der Waals surface area contributed by atoms with Crippen molar-refractivity contribution in [1.82, 2.24) is 20.3 Å². The van der Waals surface area contributed by atoms with E-state index in [0.717, 1.165) is 12.6 Å². The predicted octanol–water partition coefficient (Wildman–Crippen LogP) is 2.26. The molecule has 1 unspecified atom stereocenters. The van der Waals surface area contributed by atoms with Gasteiger partial charge in [0.1, 0.15) is 17.5 Å². The first-order valence-electron chi connectivity index (χ1n) is 6.81. The molecule has 2 aromatic rings. The molecular formula is C14H18FN5O. The van der Waals surface area contributed by atoms with Crippen LogP contribution in [0.1, 0.15) is 42.5 Å². The number of pyridine rings is 1. The number of nitrogens with one attached hydrogen (secondary N) is 3. The molecule has 0 aliphatic carbocycles. The highest BCUT2D eigenvalue weighted by Crippen LogP contribution is 2.15. The highest BCUT2D eigenvalue weighted by Gasteiger charge is 2.17. The zero-order chi connectivity index (χ0) is 15.2. The van der Waals surface area contributed by atoms with Crippen LogP contribution in [0.3, 0.4) is 0 Å². The van der Waals surface area contributed by atoms with Crippen LogP contribution in [0.4, 0.5) is 10.2 Å². The molecule has 0 aliphatic heterocycles. The first-order chi connectivity index (χ1) is 10.1. The summed E-state index contributed by atoms with van der Waals surface area (Å²) in [7, 11) is 0. The van der Waals surface area contributed by atoms with Crippen molar-refractivity contribution in [2.75, 3.05) is 11.9 Å². The third kappa shape index (κ3) is 3.77. The van der Waals surface area contributed by atoms with Crippen LogP contribution in [0.5, 0.6) is 0 Å². The zero-order valence-electron chi connectivity index (χ0n) is 12.0. The van der Waals surface area contributed by atoms with Crippen LogP contribution >= 0.6 is 0 Å². The van der Waals surface area contributed by atoms with Crippen LogP contribution in [0, 0.1) is 5.82 Å². The fourth-order valence-electron chi connectivity index (χ4n) is 1.85. The summed E-state index contributed by atoms with van der Waals surface area (Å²) in [6, 6.07) is 0.865. The Kier molecular flexibility index (Phi) is 4.86. The molecule has 7 heteroatoms. The smallest absolute Gasteiger partial charge is 0.255 e. The van der Waals surface area contributed by atoms with Crippen molar-refractivity contribution < 1.29 is 9.18 Å². The van der Waals surface area contributed by atoms with Gasteiger partial charge in [0.25, 0.3) is 5.91 Å². The number of aromatic amines is 1. The normalized spacial score (nSPS) is 12.0. The van der Waals surface area contributed by atoms with Crippen molar-refractivity contribution in [1.29, 1.82) is 0 Å². The first-order valence-corrected chi connectivity index (χ1v) is 6.81. The number of halogens is 1. The van der Waals surface area contributed by atoms with Crippen LogP contribution in [-0.4, -0.2) is 27.4 Å². The van der Waals surface area contributed by atoms with Crippen molar-refractivity contribution in [3.63, 3.8) is 0 Å². The summed E-state index contributed by atoms with van der Waals surface area (Å²) in [6.07, 6.45) is 5.25. The van der Waals surface area contributed by atoms with Gasteiger partial charge in [0.05, 0.1) is 17.8 Å². The Bertz CT molecular complexity index is 599. The van der Waals surface area contributed by atoms with Gasteiger partial charge in [-0.3, -0.25) is 4.79 Å². The molecule has 0 radical (unpaired) electrons. The molecule has 1 amide bonds. The van der Waals surface area contributed by atoms with E-state index in [1.54, 1.807) is 19.3 Å². The summed E-state index contributed by atoms with van der Waals surface area (Å²) >= 11 is 0. The number of anilines is 1. The highest BCUT2D eigenvalue weighted by molar-refractivity contribution is 5.98. The lowest BCUT2D eigenvalue weighted by molar-refractivity contribution is 0.0938. The molecule has 6 nitrogen and oxygen atoms in total. The van der Waals surface area contributed by atoms with E-state index in [9.17, 15) is 9.18 Å². The lowest BCUT2D eigenvalue weighted by Gasteiger charge is -2.14. The lowest BCUT2D eigenvalue weighted by atomic mass is 10.2. The maximum Gasteiger partial charge on any atom is 0.255 e. The predicted molar refractivity (Wildman–Crippen MR) is 77.4 cm³/mol. The number of aromatic nitrogens is 3. The summed E-state index contributed by atoms with van der Waals surface area (Å²) in [6.45, 7) is 4.45.